The Labute approximate surface area is 158 Å². The fraction of sp³-hybridized carbons (Fsp3) is 0.211. The lowest BCUT2D eigenvalue weighted by Crippen LogP contribution is -2.22. The zero-order valence-corrected chi connectivity index (χ0v) is 15.1. The van der Waals surface area contributed by atoms with Crippen molar-refractivity contribution in [2.45, 2.75) is 26.6 Å². The van der Waals surface area contributed by atoms with Gasteiger partial charge in [0.05, 0.1) is 23.1 Å². The number of halogens is 3. The zero-order valence-electron chi connectivity index (χ0n) is 15.1. The fourth-order valence-corrected chi connectivity index (χ4v) is 2.72. The Bertz CT molecular complexity index is 1070. The third-order valence-electron chi connectivity index (χ3n) is 4.14. The molecule has 0 fully saturated rings. The standard InChI is InChI=1S/C19H17F3N4O2/c1-3-25-11-13(6-9-16(25)27)24-18(28)15-10-23-26(17(15)19(20,21)22)14-7-4-12(2)5-8-14/h4-11H,3H2,1-2H3,(H,24,28). The first-order valence-corrected chi connectivity index (χ1v) is 8.45. The highest BCUT2D eigenvalue weighted by Crippen LogP contribution is 2.34. The van der Waals surface area contributed by atoms with Gasteiger partial charge in [0.1, 0.15) is 0 Å². The number of amides is 1. The van der Waals surface area contributed by atoms with Crippen LogP contribution in [0.4, 0.5) is 18.9 Å². The van der Waals surface area contributed by atoms with Gasteiger partial charge in [-0.25, -0.2) is 4.68 Å². The maximum atomic E-state index is 13.7. The van der Waals surface area contributed by atoms with Crippen LogP contribution in [0, 0.1) is 6.92 Å². The highest BCUT2D eigenvalue weighted by atomic mass is 19.4. The number of nitrogens with zero attached hydrogens (tertiary/aromatic N) is 3. The van der Waals surface area contributed by atoms with Gasteiger partial charge in [-0.2, -0.15) is 18.3 Å². The van der Waals surface area contributed by atoms with E-state index in [1.807, 2.05) is 6.92 Å². The van der Waals surface area contributed by atoms with Crippen LogP contribution in [0.1, 0.15) is 28.5 Å². The van der Waals surface area contributed by atoms with Gasteiger partial charge in [-0.05, 0) is 32.0 Å². The maximum absolute atomic E-state index is 13.7. The molecule has 1 amide bonds. The number of hydrogen-bond donors (Lipinski definition) is 1. The number of carbonyl (C=O) groups is 1. The van der Waals surface area contributed by atoms with Crippen LogP contribution >= 0.6 is 0 Å². The summed E-state index contributed by atoms with van der Waals surface area (Å²) < 4.78 is 43.1. The van der Waals surface area contributed by atoms with Crippen LogP contribution in [0.2, 0.25) is 0 Å². The molecule has 0 bridgehead atoms. The van der Waals surface area contributed by atoms with E-state index in [9.17, 15) is 22.8 Å². The lowest BCUT2D eigenvalue weighted by atomic mass is 10.2. The largest absolute Gasteiger partial charge is 0.434 e. The van der Waals surface area contributed by atoms with Crippen LogP contribution in [-0.4, -0.2) is 20.3 Å². The number of anilines is 1. The molecule has 2 aromatic heterocycles. The Morgan fingerprint density at radius 3 is 2.43 bits per heavy atom. The predicted molar refractivity (Wildman–Crippen MR) is 97.6 cm³/mol. The van der Waals surface area contributed by atoms with Gasteiger partial charge in [-0.15, -0.1) is 0 Å². The summed E-state index contributed by atoms with van der Waals surface area (Å²) in [6, 6.07) is 8.88. The molecule has 0 atom stereocenters. The van der Waals surface area contributed by atoms with Crippen LogP contribution in [0.5, 0.6) is 0 Å². The summed E-state index contributed by atoms with van der Waals surface area (Å²) in [4.78, 5) is 24.1. The molecule has 0 aliphatic heterocycles. The van der Waals surface area contributed by atoms with E-state index in [4.69, 9.17) is 0 Å². The molecule has 28 heavy (non-hydrogen) atoms. The summed E-state index contributed by atoms with van der Waals surface area (Å²) in [6.07, 6.45) is -2.54. The first-order valence-electron chi connectivity index (χ1n) is 8.45. The van der Waals surface area contributed by atoms with Crippen LogP contribution in [0.3, 0.4) is 0 Å². The Balaban J connectivity index is 2.01. The summed E-state index contributed by atoms with van der Waals surface area (Å²) in [7, 11) is 0. The van der Waals surface area contributed by atoms with Gasteiger partial charge < -0.3 is 9.88 Å². The van der Waals surface area contributed by atoms with Gasteiger partial charge >= 0.3 is 6.18 Å². The Hall–Kier alpha value is -3.36. The molecule has 0 saturated carbocycles. The first kappa shape index (κ1) is 19.4. The zero-order chi connectivity index (χ0) is 20.5. The second kappa shape index (κ2) is 7.34. The summed E-state index contributed by atoms with van der Waals surface area (Å²) in [5.41, 5.74) is -0.767. The number of hydrogen-bond acceptors (Lipinski definition) is 3. The molecule has 2 heterocycles. The monoisotopic (exact) mass is 390 g/mol. The minimum Gasteiger partial charge on any atom is -0.321 e. The molecular formula is C19H17F3N4O2. The molecule has 0 unspecified atom stereocenters. The minimum absolute atomic E-state index is 0.191. The van der Waals surface area contributed by atoms with E-state index in [0.717, 1.165) is 11.8 Å². The van der Waals surface area contributed by atoms with Crippen LogP contribution in [0.25, 0.3) is 5.69 Å². The highest BCUT2D eigenvalue weighted by molar-refractivity contribution is 6.05. The second-order valence-electron chi connectivity index (χ2n) is 6.15. The van der Waals surface area contributed by atoms with E-state index in [1.165, 1.54) is 35.0 Å². The van der Waals surface area contributed by atoms with Crippen molar-refractivity contribution >= 4 is 11.6 Å². The summed E-state index contributed by atoms with van der Waals surface area (Å²) in [5, 5.41) is 6.17. The quantitative estimate of drug-likeness (QED) is 0.740. The topological polar surface area (TPSA) is 68.9 Å². The number of pyridine rings is 1. The molecule has 0 aliphatic carbocycles. The van der Waals surface area contributed by atoms with Gasteiger partial charge in [0, 0.05) is 18.8 Å². The molecule has 9 heteroatoms. The Morgan fingerprint density at radius 1 is 1.14 bits per heavy atom. The maximum Gasteiger partial charge on any atom is 0.434 e. The van der Waals surface area contributed by atoms with Crippen molar-refractivity contribution in [2.24, 2.45) is 0 Å². The Kier molecular flexibility index (Phi) is 5.08. The van der Waals surface area contributed by atoms with Gasteiger partial charge in [-0.1, -0.05) is 17.7 Å². The van der Waals surface area contributed by atoms with Crippen molar-refractivity contribution in [2.75, 3.05) is 5.32 Å². The highest BCUT2D eigenvalue weighted by Gasteiger charge is 2.40. The van der Waals surface area contributed by atoms with E-state index in [1.54, 1.807) is 19.1 Å². The molecule has 146 valence electrons. The minimum atomic E-state index is -4.80. The second-order valence-corrected chi connectivity index (χ2v) is 6.15. The van der Waals surface area contributed by atoms with Crippen LogP contribution < -0.4 is 10.9 Å². The number of aryl methyl sites for hydroxylation is 2. The van der Waals surface area contributed by atoms with Crippen molar-refractivity contribution in [3.05, 3.63) is 76.0 Å². The van der Waals surface area contributed by atoms with Crippen molar-refractivity contribution in [3.8, 4) is 5.69 Å². The fourth-order valence-electron chi connectivity index (χ4n) is 2.72. The van der Waals surface area contributed by atoms with Gasteiger partial charge in [0.25, 0.3) is 11.5 Å². The first-order chi connectivity index (χ1) is 13.2. The molecule has 3 rings (SSSR count). The number of rotatable bonds is 4. The van der Waals surface area contributed by atoms with E-state index < -0.39 is 23.3 Å². The molecule has 1 aromatic carbocycles. The SMILES string of the molecule is CCn1cc(NC(=O)c2cnn(-c3ccc(C)cc3)c2C(F)(F)F)ccc1=O. The molecule has 0 radical (unpaired) electrons. The van der Waals surface area contributed by atoms with Gasteiger partial charge in [0.2, 0.25) is 0 Å². The van der Waals surface area contributed by atoms with E-state index >= 15 is 0 Å². The summed E-state index contributed by atoms with van der Waals surface area (Å²) in [5.74, 6) is -0.966. The number of alkyl halides is 3. The number of nitrogens with one attached hydrogen (secondary N) is 1. The van der Waals surface area contributed by atoms with E-state index in [2.05, 4.69) is 10.4 Å². The lowest BCUT2D eigenvalue weighted by molar-refractivity contribution is -0.143. The normalized spacial score (nSPS) is 11.5. The van der Waals surface area contributed by atoms with Crippen LogP contribution in [0.15, 0.2) is 53.6 Å². The van der Waals surface area contributed by atoms with Crippen molar-refractivity contribution in [1.29, 1.82) is 0 Å². The van der Waals surface area contributed by atoms with Gasteiger partial charge in [-0.3, -0.25) is 9.59 Å². The smallest absolute Gasteiger partial charge is 0.321 e. The predicted octanol–water partition coefficient (Wildman–Crippen LogP) is 3.63. The average Bonchev–Trinajstić information content (AvgIpc) is 3.09. The molecular weight excluding hydrogens is 373 g/mol. The van der Waals surface area contributed by atoms with Crippen molar-refractivity contribution in [1.82, 2.24) is 14.3 Å². The number of carbonyl (C=O) groups excluding carboxylic acids is 1. The lowest BCUT2D eigenvalue weighted by Gasteiger charge is -2.13. The number of benzene rings is 1. The third kappa shape index (κ3) is 3.83. The van der Waals surface area contributed by atoms with Crippen LogP contribution in [-0.2, 0) is 12.7 Å². The number of aromatic nitrogens is 3. The van der Waals surface area contributed by atoms with Gasteiger partial charge in [0.15, 0.2) is 5.69 Å². The van der Waals surface area contributed by atoms with E-state index in [-0.39, 0.29) is 16.9 Å². The van der Waals surface area contributed by atoms with Crippen molar-refractivity contribution < 1.29 is 18.0 Å². The van der Waals surface area contributed by atoms with Crippen molar-refractivity contribution in [3.63, 3.8) is 0 Å². The molecule has 0 aliphatic rings. The van der Waals surface area contributed by atoms with E-state index in [0.29, 0.717) is 11.2 Å². The molecule has 6 nitrogen and oxygen atoms in total. The summed E-state index contributed by atoms with van der Waals surface area (Å²) in [6.45, 7) is 3.91. The molecule has 3 aromatic rings. The average molecular weight is 390 g/mol. The molecule has 0 saturated heterocycles. The third-order valence-corrected chi connectivity index (χ3v) is 4.14. The molecule has 0 spiro atoms. The molecule has 1 N–H and O–H groups in total. The Morgan fingerprint density at radius 2 is 1.82 bits per heavy atom. The summed E-state index contributed by atoms with van der Waals surface area (Å²) >= 11 is 0.